The van der Waals surface area contributed by atoms with Crippen LogP contribution < -0.4 is 9.64 Å². The van der Waals surface area contributed by atoms with Gasteiger partial charge in [-0.25, -0.2) is 17.2 Å². The van der Waals surface area contributed by atoms with Gasteiger partial charge in [0.2, 0.25) is 0 Å². The molecule has 0 spiro atoms. The summed E-state index contributed by atoms with van der Waals surface area (Å²) in [5.41, 5.74) is 0. The van der Waals surface area contributed by atoms with E-state index in [4.69, 9.17) is 4.74 Å². The largest absolute Gasteiger partial charge is 0.477 e. The van der Waals surface area contributed by atoms with Crippen LogP contribution >= 0.6 is 0 Å². The van der Waals surface area contributed by atoms with Crippen molar-refractivity contribution >= 4 is 21.7 Å². The fourth-order valence-corrected chi connectivity index (χ4v) is 4.82. The van der Waals surface area contributed by atoms with Gasteiger partial charge in [0.15, 0.2) is 27.5 Å². The molecule has 1 amide bonds. The number of benzene rings is 1. The van der Waals surface area contributed by atoms with E-state index < -0.39 is 55.9 Å². The normalized spacial score (nSPS) is 20.3. The molecular formula is C20H22F4N4O5S. The Balaban J connectivity index is 1.37. The lowest BCUT2D eigenvalue weighted by atomic mass is 10.0. The first kappa shape index (κ1) is 24.2. The van der Waals surface area contributed by atoms with Crippen LogP contribution in [0, 0.1) is 11.6 Å². The average molecular weight is 506 g/mol. The Labute approximate surface area is 192 Å². The lowest BCUT2D eigenvalue weighted by Crippen LogP contribution is -2.47. The van der Waals surface area contributed by atoms with Crippen LogP contribution in [0.25, 0.3) is 0 Å². The lowest BCUT2D eigenvalue weighted by Gasteiger charge is -2.36. The van der Waals surface area contributed by atoms with Gasteiger partial charge in [-0.3, -0.25) is 4.79 Å². The van der Waals surface area contributed by atoms with Crippen molar-refractivity contribution in [3.8, 4) is 5.75 Å². The van der Waals surface area contributed by atoms with Crippen molar-refractivity contribution in [3.05, 3.63) is 29.7 Å². The molecule has 34 heavy (non-hydrogen) atoms. The van der Waals surface area contributed by atoms with Crippen LogP contribution in [-0.2, 0) is 20.6 Å². The highest BCUT2D eigenvalue weighted by atomic mass is 32.2. The number of hydrogen-bond donors (Lipinski definition) is 0. The van der Waals surface area contributed by atoms with Crippen molar-refractivity contribution in [2.75, 3.05) is 30.8 Å². The number of anilines is 1. The maximum absolute atomic E-state index is 14.3. The molecule has 186 valence electrons. The van der Waals surface area contributed by atoms with Crippen LogP contribution in [0.1, 0.15) is 32.1 Å². The summed E-state index contributed by atoms with van der Waals surface area (Å²) in [6.07, 6.45) is 0.982. The number of ether oxygens (including phenoxy) is 1. The molecule has 0 aliphatic carbocycles. The minimum Gasteiger partial charge on any atom is -0.477 e. The van der Waals surface area contributed by atoms with Gasteiger partial charge in [0.05, 0.1) is 0 Å². The smallest absolute Gasteiger partial charge is 0.322 e. The molecule has 2 aromatic rings. The van der Waals surface area contributed by atoms with E-state index in [1.165, 1.54) is 0 Å². The molecule has 2 fully saturated rings. The summed E-state index contributed by atoms with van der Waals surface area (Å²) < 4.78 is 88.2. The average Bonchev–Trinajstić information content (AvgIpc) is 3.38. The van der Waals surface area contributed by atoms with E-state index >= 15 is 0 Å². The third kappa shape index (κ3) is 4.81. The minimum absolute atomic E-state index is 0.0546. The highest BCUT2D eigenvalue weighted by Crippen LogP contribution is 2.31. The van der Waals surface area contributed by atoms with Gasteiger partial charge in [-0.05, 0) is 24.1 Å². The Morgan fingerprint density at radius 3 is 2.38 bits per heavy atom. The van der Waals surface area contributed by atoms with Gasteiger partial charge >= 0.3 is 5.92 Å². The molecule has 9 nitrogen and oxygen atoms in total. The number of likely N-dealkylation sites (tertiary alicyclic amines) is 1. The van der Waals surface area contributed by atoms with Crippen molar-refractivity contribution in [1.82, 2.24) is 15.0 Å². The summed E-state index contributed by atoms with van der Waals surface area (Å²) >= 11 is 0. The second kappa shape index (κ2) is 8.71. The minimum atomic E-state index is -3.97. The summed E-state index contributed by atoms with van der Waals surface area (Å²) in [6.45, 7) is 1.81. The molecule has 1 aromatic heterocycles. The molecule has 2 aliphatic heterocycles. The number of hydrogen-bond acceptors (Lipinski definition) is 8. The number of carbonyl (C=O) groups excluding carboxylic acids is 1. The number of rotatable bonds is 6. The second-order valence-corrected chi connectivity index (χ2v) is 10.4. The lowest BCUT2D eigenvalue weighted by molar-refractivity contribution is -0.135. The number of nitrogens with zero attached hydrogens (tertiary/aromatic N) is 4. The quantitative estimate of drug-likeness (QED) is 0.551. The third-order valence-electron chi connectivity index (χ3n) is 5.82. The highest BCUT2D eigenvalue weighted by molar-refractivity contribution is 7.90. The Morgan fingerprint density at radius 1 is 1.12 bits per heavy atom. The molecule has 2 aliphatic rings. The standard InChI is InChI=1S/C20H22F4N4O5S/c1-20(23,24)18-25-19(26-33-18)27-6-3-11(4-7-27)28-8-5-14(17(28)29)32-15-9-13(22)16(10-12(15)21)34(2,30)31/h9-11,14H,3-8H2,1-2H3. The molecule has 1 aromatic carbocycles. The number of sulfone groups is 1. The maximum Gasteiger partial charge on any atom is 0.322 e. The van der Waals surface area contributed by atoms with Crippen molar-refractivity contribution in [3.63, 3.8) is 0 Å². The van der Waals surface area contributed by atoms with Gasteiger partial charge in [0.1, 0.15) is 10.7 Å². The SMILES string of the molecule is CC(F)(F)c1nc(N2CCC(N3CCC(Oc4cc(F)c(S(C)(=O)=O)cc4F)C3=O)CC2)no1. The number of piperidine rings is 1. The van der Waals surface area contributed by atoms with Crippen molar-refractivity contribution in [2.45, 2.75) is 49.2 Å². The predicted octanol–water partition coefficient (Wildman–Crippen LogP) is 2.51. The molecule has 1 unspecified atom stereocenters. The fourth-order valence-electron chi connectivity index (χ4n) is 4.08. The first-order chi connectivity index (χ1) is 15.8. The van der Waals surface area contributed by atoms with Gasteiger partial charge in [-0.15, -0.1) is 0 Å². The van der Waals surface area contributed by atoms with E-state index in [2.05, 4.69) is 14.7 Å². The van der Waals surface area contributed by atoms with Crippen molar-refractivity contribution < 1.29 is 40.0 Å². The van der Waals surface area contributed by atoms with Crippen LogP contribution in [0.4, 0.5) is 23.5 Å². The van der Waals surface area contributed by atoms with Gasteiger partial charge in [0, 0.05) is 51.3 Å². The Morgan fingerprint density at radius 2 is 1.79 bits per heavy atom. The maximum atomic E-state index is 14.3. The molecule has 0 bridgehead atoms. The zero-order valence-electron chi connectivity index (χ0n) is 18.3. The zero-order valence-corrected chi connectivity index (χ0v) is 19.1. The van der Waals surface area contributed by atoms with Crippen molar-refractivity contribution in [2.24, 2.45) is 0 Å². The number of carbonyl (C=O) groups is 1. The van der Waals surface area contributed by atoms with Gasteiger partial charge in [-0.2, -0.15) is 13.8 Å². The van der Waals surface area contributed by atoms with E-state index in [0.29, 0.717) is 51.5 Å². The number of halogens is 4. The Hall–Kier alpha value is -2.90. The summed E-state index contributed by atoms with van der Waals surface area (Å²) in [4.78, 5) is 19.1. The first-order valence-corrected chi connectivity index (χ1v) is 12.4. The topological polar surface area (TPSA) is 106 Å². The van der Waals surface area contributed by atoms with E-state index in [0.717, 1.165) is 6.26 Å². The molecule has 3 heterocycles. The summed E-state index contributed by atoms with van der Waals surface area (Å²) in [5, 5.41) is 3.59. The zero-order chi connectivity index (χ0) is 24.8. The molecule has 2 saturated heterocycles. The summed E-state index contributed by atoms with van der Waals surface area (Å²) in [5.74, 6) is -7.14. The third-order valence-corrected chi connectivity index (χ3v) is 6.94. The van der Waals surface area contributed by atoms with Crippen LogP contribution in [0.15, 0.2) is 21.6 Å². The number of aromatic nitrogens is 2. The summed E-state index contributed by atoms with van der Waals surface area (Å²) in [7, 11) is -3.97. The van der Waals surface area contributed by atoms with Gasteiger partial charge < -0.3 is 19.1 Å². The predicted molar refractivity (Wildman–Crippen MR) is 109 cm³/mol. The second-order valence-electron chi connectivity index (χ2n) is 8.42. The van der Waals surface area contributed by atoms with Crippen LogP contribution in [0.2, 0.25) is 0 Å². The Kier molecular flexibility index (Phi) is 6.21. The number of amides is 1. The van der Waals surface area contributed by atoms with Crippen LogP contribution in [0.5, 0.6) is 5.75 Å². The molecule has 0 N–H and O–H groups in total. The first-order valence-electron chi connectivity index (χ1n) is 10.5. The van der Waals surface area contributed by atoms with Gasteiger partial charge in [-0.1, -0.05) is 0 Å². The molecule has 0 saturated carbocycles. The molecule has 14 heteroatoms. The monoisotopic (exact) mass is 506 g/mol. The molecule has 4 rings (SSSR count). The highest BCUT2D eigenvalue weighted by Gasteiger charge is 2.40. The summed E-state index contributed by atoms with van der Waals surface area (Å²) in [6, 6.07) is 0.995. The fraction of sp³-hybridized carbons (Fsp3) is 0.550. The Bertz CT molecular complexity index is 1190. The van der Waals surface area contributed by atoms with E-state index in [1.54, 1.807) is 9.80 Å². The van der Waals surface area contributed by atoms with Crippen molar-refractivity contribution in [1.29, 1.82) is 0 Å². The molecular weight excluding hydrogens is 484 g/mol. The van der Waals surface area contributed by atoms with E-state index in [-0.39, 0.29) is 18.4 Å². The van der Waals surface area contributed by atoms with Gasteiger partial charge in [0.25, 0.3) is 17.7 Å². The number of alkyl halides is 2. The van der Waals surface area contributed by atoms with E-state index in [1.807, 2.05) is 0 Å². The van der Waals surface area contributed by atoms with Crippen LogP contribution in [-0.4, -0.2) is 67.4 Å². The molecule has 1 atom stereocenters. The van der Waals surface area contributed by atoms with Crippen LogP contribution in [0.3, 0.4) is 0 Å². The van der Waals surface area contributed by atoms with E-state index in [9.17, 15) is 30.8 Å². The molecule has 0 radical (unpaired) electrons.